The Labute approximate surface area is 128 Å². The highest BCUT2D eigenvalue weighted by molar-refractivity contribution is 5.86. The van der Waals surface area contributed by atoms with Gasteiger partial charge in [-0.3, -0.25) is 0 Å². The van der Waals surface area contributed by atoms with E-state index in [-0.39, 0.29) is 12.1 Å². The van der Waals surface area contributed by atoms with E-state index in [0.717, 1.165) is 19.3 Å². The first-order valence-corrected chi connectivity index (χ1v) is 7.96. The summed E-state index contributed by atoms with van der Waals surface area (Å²) >= 11 is 0. The maximum absolute atomic E-state index is 12.4. The van der Waals surface area contributed by atoms with Crippen molar-refractivity contribution in [1.82, 2.24) is 10.2 Å². The Balaban J connectivity index is 2.71. The lowest BCUT2D eigenvalue weighted by Gasteiger charge is -2.38. The van der Waals surface area contributed by atoms with E-state index in [1.807, 2.05) is 6.92 Å². The molecule has 0 heterocycles. The molecule has 122 valence electrons. The lowest BCUT2D eigenvalue weighted by atomic mass is 9.77. The largest absolute Gasteiger partial charge is 0.480 e. The molecule has 0 aromatic carbocycles. The highest BCUT2D eigenvalue weighted by Crippen LogP contribution is 2.32. The molecule has 0 saturated heterocycles. The van der Waals surface area contributed by atoms with Gasteiger partial charge in [0.05, 0.1) is 0 Å². The van der Waals surface area contributed by atoms with Crippen molar-refractivity contribution in [2.24, 2.45) is 11.8 Å². The molecule has 0 radical (unpaired) electrons. The van der Waals surface area contributed by atoms with Crippen LogP contribution >= 0.6 is 0 Å². The van der Waals surface area contributed by atoms with E-state index in [0.29, 0.717) is 24.7 Å². The van der Waals surface area contributed by atoms with Gasteiger partial charge in [-0.1, -0.05) is 20.8 Å². The van der Waals surface area contributed by atoms with Gasteiger partial charge in [-0.05, 0) is 50.9 Å². The molecule has 2 amide bonds. The Bertz CT molecular complexity index is 374. The Morgan fingerprint density at radius 2 is 1.81 bits per heavy atom. The smallest absolute Gasteiger partial charge is 0.329 e. The van der Waals surface area contributed by atoms with Crippen molar-refractivity contribution in [2.75, 3.05) is 7.05 Å². The van der Waals surface area contributed by atoms with Crippen molar-refractivity contribution in [2.45, 2.75) is 71.4 Å². The molecule has 0 aromatic heterocycles. The van der Waals surface area contributed by atoms with Gasteiger partial charge in [-0.2, -0.15) is 0 Å². The monoisotopic (exact) mass is 298 g/mol. The number of urea groups is 1. The van der Waals surface area contributed by atoms with Crippen LogP contribution in [0.1, 0.15) is 59.8 Å². The number of carboxylic acid groups (broad SMARTS) is 1. The first kappa shape index (κ1) is 17.8. The highest BCUT2D eigenvalue weighted by Gasteiger charge is 2.43. The average molecular weight is 298 g/mol. The number of nitrogens with one attached hydrogen (secondary N) is 1. The van der Waals surface area contributed by atoms with Crippen molar-refractivity contribution >= 4 is 12.0 Å². The summed E-state index contributed by atoms with van der Waals surface area (Å²) in [6.07, 6.45) is 3.62. The predicted molar refractivity (Wildman–Crippen MR) is 83.2 cm³/mol. The third-order valence-electron chi connectivity index (χ3n) is 4.68. The van der Waals surface area contributed by atoms with Crippen LogP contribution in [0.15, 0.2) is 0 Å². The molecular formula is C16H30N2O3. The van der Waals surface area contributed by atoms with Crippen molar-refractivity contribution in [3.8, 4) is 0 Å². The second-order valence-corrected chi connectivity index (χ2v) is 7.09. The molecule has 1 fully saturated rings. The third-order valence-corrected chi connectivity index (χ3v) is 4.68. The van der Waals surface area contributed by atoms with Crippen LogP contribution in [0.5, 0.6) is 0 Å². The van der Waals surface area contributed by atoms with E-state index in [1.165, 1.54) is 0 Å². The molecule has 5 heteroatoms. The van der Waals surface area contributed by atoms with Crippen LogP contribution in [0.2, 0.25) is 0 Å². The van der Waals surface area contributed by atoms with Gasteiger partial charge in [0, 0.05) is 13.1 Å². The molecule has 5 nitrogen and oxygen atoms in total. The lowest BCUT2D eigenvalue weighted by Crippen LogP contribution is -2.59. The van der Waals surface area contributed by atoms with Crippen LogP contribution in [0.3, 0.4) is 0 Å². The Kier molecular flexibility index (Phi) is 6.05. The summed E-state index contributed by atoms with van der Waals surface area (Å²) < 4.78 is 0. The normalized spacial score (nSPS) is 27.2. The van der Waals surface area contributed by atoms with Gasteiger partial charge in [-0.25, -0.2) is 9.59 Å². The number of aliphatic carboxylic acids is 1. The van der Waals surface area contributed by atoms with Crippen molar-refractivity contribution in [3.05, 3.63) is 0 Å². The van der Waals surface area contributed by atoms with Gasteiger partial charge >= 0.3 is 12.0 Å². The summed E-state index contributed by atoms with van der Waals surface area (Å²) in [6, 6.07) is -0.182. The SMILES string of the molecule is CC(C)CC(C)N(C)C(=O)NC1(C(=O)O)CCC(C)CC1. The minimum atomic E-state index is -1.09. The molecule has 0 bridgehead atoms. The van der Waals surface area contributed by atoms with Crippen molar-refractivity contribution in [1.29, 1.82) is 0 Å². The van der Waals surface area contributed by atoms with E-state index in [4.69, 9.17) is 0 Å². The molecule has 1 aliphatic carbocycles. The maximum Gasteiger partial charge on any atom is 0.329 e. The van der Waals surface area contributed by atoms with Gasteiger partial charge in [0.15, 0.2) is 0 Å². The fraction of sp³-hybridized carbons (Fsp3) is 0.875. The number of amides is 2. The zero-order valence-corrected chi connectivity index (χ0v) is 14.0. The van der Waals surface area contributed by atoms with Crippen LogP contribution in [-0.4, -0.2) is 40.6 Å². The fourth-order valence-electron chi connectivity index (χ4n) is 2.98. The molecule has 0 aliphatic heterocycles. The number of hydrogen-bond acceptors (Lipinski definition) is 2. The van der Waals surface area contributed by atoms with Gasteiger partial charge in [0.1, 0.15) is 5.54 Å². The van der Waals surface area contributed by atoms with E-state index in [2.05, 4.69) is 26.1 Å². The summed E-state index contributed by atoms with van der Waals surface area (Å²) in [5.41, 5.74) is -1.09. The molecule has 2 N–H and O–H groups in total. The topological polar surface area (TPSA) is 69.6 Å². The Morgan fingerprint density at radius 3 is 2.24 bits per heavy atom. The number of nitrogens with zero attached hydrogens (tertiary/aromatic N) is 1. The number of hydrogen-bond donors (Lipinski definition) is 2. The molecule has 1 rings (SSSR count). The van der Waals surface area contributed by atoms with Crippen LogP contribution in [-0.2, 0) is 4.79 Å². The summed E-state index contributed by atoms with van der Waals surface area (Å²) in [4.78, 5) is 25.7. The van der Waals surface area contributed by atoms with Gasteiger partial charge < -0.3 is 15.3 Å². The number of carbonyl (C=O) groups is 2. The number of rotatable bonds is 5. The van der Waals surface area contributed by atoms with E-state index in [9.17, 15) is 14.7 Å². The molecule has 0 spiro atoms. The van der Waals surface area contributed by atoms with Crippen LogP contribution < -0.4 is 5.32 Å². The standard InChI is InChI=1S/C16H30N2O3/c1-11(2)10-13(4)18(5)15(21)17-16(14(19)20)8-6-12(3)7-9-16/h11-13H,6-10H2,1-5H3,(H,17,21)(H,19,20). The predicted octanol–water partition coefficient (Wildman–Crippen LogP) is 3.10. The average Bonchev–Trinajstić information content (AvgIpc) is 2.39. The molecule has 1 unspecified atom stereocenters. The molecule has 0 aromatic rings. The minimum absolute atomic E-state index is 0.0957. The Morgan fingerprint density at radius 1 is 1.29 bits per heavy atom. The number of carboxylic acids is 1. The van der Waals surface area contributed by atoms with Crippen LogP contribution in [0, 0.1) is 11.8 Å². The summed E-state index contributed by atoms with van der Waals surface area (Å²) in [6.45, 7) is 8.35. The third kappa shape index (κ3) is 4.61. The minimum Gasteiger partial charge on any atom is -0.480 e. The van der Waals surface area contributed by atoms with Crippen molar-refractivity contribution in [3.63, 3.8) is 0 Å². The molecular weight excluding hydrogens is 268 g/mol. The fourth-order valence-corrected chi connectivity index (χ4v) is 2.98. The first-order chi connectivity index (χ1) is 9.68. The van der Waals surface area contributed by atoms with E-state index in [1.54, 1.807) is 11.9 Å². The Hall–Kier alpha value is -1.26. The highest BCUT2D eigenvalue weighted by atomic mass is 16.4. The first-order valence-electron chi connectivity index (χ1n) is 7.96. The summed E-state index contributed by atoms with van der Waals surface area (Å²) in [7, 11) is 1.74. The zero-order valence-electron chi connectivity index (χ0n) is 14.0. The molecule has 1 atom stereocenters. The van der Waals surface area contributed by atoms with Gasteiger partial charge in [0.2, 0.25) is 0 Å². The summed E-state index contributed by atoms with van der Waals surface area (Å²) in [5.74, 6) is 0.124. The van der Waals surface area contributed by atoms with Crippen LogP contribution in [0.4, 0.5) is 4.79 Å². The van der Waals surface area contributed by atoms with Gasteiger partial charge in [-0.15, -0.1) is 0 Å². The number of carbonyl (C=O) groups excluding carboxylic acids is 1. The molecule has 1 saturated carbocycles. The second-order valence-electron chi connectivity index (χ2n) is 7.09. The molecule has 21 heavy (non-hydrogen) atoms. The zero-order chi connectivity index (χ0) is 16.2. The van der Waals surface area contributed by atoms with Crippen LogP contribution in [0.25, 0.3) is 0 Å². The van der Waals surface area contributed by atoms with Gasteiger partial charge in [0.25, 0.3) is 0 Å². The summed E-state index contributed by atoms with van der Waals surface area (Å²) in [5, 5.41) is 12.4. The maximum atomic E-state index is 12.4. The lowest BCUT2D eigenvalue weighted by molar-refractivity contribution is -0.146. The molecule has 1 aliphatic rings. The van der Waals surface area contributed by atoms with E-state index >= 15 is 0 Å². The quantitative estimate of drug-likeness (QED) is 0.819. The van der Waals surface area contributed by atoms with E-state index < -0.39 is 11.5 Å². The second kappa shape index (κ2) is 7.14. The van der Waals surface area contributed by atoms with Crippen molar-refractivity contribution < 1.29 is 14.7 Å².